The Labute approximate surface area is 257 Å². The van der Waals surface area contributed by atoms with Crippen molar-refractivity contribution < 1.29 is 0 Å². The van der Waals surface area contributed by atoms with Crippen LogP contribution in [0.15, 0.2) is 152 Å². The minimum absolute atomic E-state index is 1.14. The molecule has 0 unspecified atom stereocenters. The molecule has 0 radical (unpaired) electrons. The summed E-state index contributed by atoms with van der Waals surface area (Å²) in [4.78, 5) is 2.37. The van der Waals surface area contributed by atoms with Crippen molar-refractivity contribution in [3.8, 4) is 11.1 Å². The van der Waals surface area contributed by atoms with Gasteiger partial charge in [0, 0.05) is 63.0 Å². The summed E-state index contributed by atoms with van der Waals surface area (Å²) >= 11 is 3.76. The first-order chi connectivity index (χ1) is 21.3. The third kappa shape index (κ3) is 3.97. The van der Waals surface area contributed by atoms with Gasteiger partial charge in [-0.25, -0.2) is 0 Å². The lowest BCUT2D eigenvalue weighted by molar-refractivity contribution is 1.29. The first-order valence-corrected chi connectivity index (χ1v) is 16.1. The molecule has 0 bridgehead atoms. The average molecular weight is 584 g/mol. The zero-order valence-electron chi connectivity index (χ0n) is 23.2. The van der Waals surface area contributed by atoms with E-state index >= 15 is 0 Å². The van der Waals surface area contributed by atoms with E-state index in [1.165, 1.54) is 62.2 Å². The molecule has 202 valence electrons. The van der Waals surface area contributed by atoms with Crippen LogP contribution in [0.2, 0.25) is 0 Å². The first-order valence-electron chi connectivity index (χ1n) is 14.5. The van der Waals surface area contributed by atoms with Gasteiger partial charge >= 0.3 is 0 Å². The van der Waals surface area contributed by atoms with E-state index < -0.39 is 0 Å². The fourth-order valence-electron chi connectivity index (χ4n) is 6.46. The predicted molar refractivity (Wildman–Crippen MR) is 190 cm³/mol. The molecule has 2 heterocycles. The largest absolute Gasteiger partial charge is 0.310 e. The minimum Gasteiger partial charge on any atom is -0.310 e. The molecule has 9 rings (SSSR count). The molecule has 9 aromatic rings. The van der Waals surface area contributed by atoms with Gasteiger partial charge in [0.25, 0.3) is 0 Å². The van der Waals surface area contributed by atoms with E-state index in [1.54, 1.807) is 0 Å². The van der Waals surface area contributed by atoms with Crippen LogP contribution in [-0.2, 0) is 0 Å². The number of hydrogen-bond donors (Lipinski definition) is 0. The lowest BCUT2D eigenvalue weighted by atomic mass is 9.95. The summed E-state index contributed by atoms with van der Waals surface area (Å²) in [5.74, 6) is 0. The molecule has 0 spiro atoms. The molecule has 0 amide bonds. The van der Waals surface area contributed by atoms with Crippen molar-refractivity contribution in [2.45, 2.75) is 0 Å². The van der Waals surface area contributed by atoms with Crippen molar-refractivity contribution in [3.05, 3.63) is 152 Å². The highest BCUT2D eigenvalue weighted by Gasteiger charge is 2.17. The number of nitrogens with zero attached hydrogens (tertiary/aromatic N) is 1. The van der Waals surface area contributed by atoms with Crippen LogP contribution < -0.4 is 4.90 Å². The summed E-state index contributed by atoms with van der Waals surface area (Å²) in [7, 11) is 0. The van der Waals surface area contributed by atoms with E-state index in [2.05, 4.69) is 157 Å². The number of fused-ring (bicyclic) bond motifs is 7. The van der Waals surface area contributed by atoms with E-state index in [1.807, 2.05) is 22.7 Å². The Bertz CT molecular complexity index is 2450. The van der Waals surface area contributed by atoms with Gasteiger partial charge in [-0.05, 0) is 70.9 Å². The van der Waals surface area contributed by atoms with Crippen LogP contribution in [0.1, 0.15) is 0 Å². The van der Waals surface area contributed by atoms with Gasteiger partial charge in [0.05, 0.1) is 0 Å². The maximum absolute atomic E-state index is 2.37. The number of para-hydroxylation sites is 1. The SMILES string of the molecule is c1ccc(N(c2ccc(-c3c4ccccc4cc4c3sc3ccccc34)cc2)c2ccc3c(c2)sc2ccccc23)cc1. The summed E-state index contributed by atoms with van der Waals surface area (Å²) in [6.07, 6.45) is 0. The Morgan fingerprint density at radius 2 is 0.953 bits per heavy atom. The molecular weight excluding hydrogens is 559 g/mol. The standard InChI is InChI=1S/C40H25NS2/c1-2-11-28(12-3-1)41(30-22-23-34-32-14-6-8-16-36(32)42-38(34)25-30)29-20-18-26(19-21-29)39-31-13-5-4-10-27(31)24-35-33-15-7-9-17-37(33)43-40(35)39/h1-25H. The Balaban J connectivity index is 1.22. The van der Waals surface area contributed by atoms with E-state index in [-0.39, 0.29) is 0 Å². The monoisotopic (exact) mass is 583 g/mol. The second-order valence-electron chi connectivity index (χ2n) is 10.9. The number of hydrogen-bond acceptors (Lipinski definition) is 3. The molecule has 1 nitrogen and oxygen atoms in total. The van der Waals surface area contributed by atoms with Gasteiger partial charge < -0.3 is 4.90 Å². The van der Waals surface area contributed by atoms with Crippen molar-refractivity contribution >= 4 is 90.9 Å². The molecule has 0 atom stereocenters. The number of rotatable bonds is 4. The molecule has 3 heteroatoms. The number of anilines is 3. The van der Waals surface area contributed by atoms with Gasteiger partial charge in [0.1, 0.15) is 0 Å². The van der Waals surface area contributed by atoms with E-state index in [9.17, 15) is 0 Å². The molecule has 7 aromatic carbocycles. The minimum atomic E-state index is 1.14. The first kappa shape index (κ1) is 24.6. The molecule has 0 saturated heterocycles. The zero-order chi connectivity index (χ0) is 28.3. The van der Waals surface area contributed by atoms with E-state index in [0.29, 0.717) is 0 Å². The van der Waals surface area contributed by atoms with Crippen LogP contribution in [0.5, 0.6) is 0 Å². The van der Waals surface area contributed by atoms with Crippen LogP contribution in [0.3, 0.4) is 0 Å². The van der Waals surface area contributed by atoms with E-state index in [4.69, 9.17) is 0 Å². The van der Waals surface area contributed by atoms with Gasteiger partial charge in [-0.15, -0.1) is 22.7 Å². The molecule has 0 fully saturated rings. The topological polar surface area (TPSA) is 3.24 Å². The van der Waals surface area contributed by atoms with Crippen LogP contribution in [0.4, 0.5) is 17.1 Å². The third-order valence-corrected chi connectivity index (χ3v) is 10.8. The molecule has 0 N–H and O–H groups in total. The van der Waals surface area contributed by atoms with Gasteiger partial charge in [0.2, 0.25) is 0 Å². The number of benzene rings is 7. The molecule has 43 heavy (non-hydrogen) atoms. The second kappa shape index (κ2) is 9.81. The predicted octanol–water partition coefficient (Wildman–Crippen LogP) is 12.7. The summed E-state index contributed by atoms with van der Waals surface area (Å²) in [5.41, 5.74) is 6.01. The Kier molecular flexibility index (Phi) is 5.62. The molecule has 2 aromatic heterocycles. The highest BCUT2D eigenvalue weighted by atomic mass is 32.1. The quantitative estimate of drug-likeness (QED) is 0.199. The van der Waals surface area contributed by atoms with Gasteiger partial charge in [-0.1, -0.05) is 97.1 Å². The average Bonchev–Trinajstić information content (AvgIpc) is 3.62. The van der Waals surface area contributed by atoms with Crippen LogP contribution >= 0.6 is 22.7 Å². The molecule has 0 aliphatic rings. The summed E-state index contributed by atoms with van der Waals surface area (Å²) in [5, 5.41) is 7.88. The van der Waals surface area contributed by atoms with Gasteiger partial charge in [0.15, 0.2) is 0 Å². The summed E-state index contributed by atoms with van der Waals surface area (Å²) in [6.45, 7) is 0. The van der Waals surface area contributed by atoms with Crippen LogP contribution in [0.25, 0.3) is 62.2 Å². The van der Waals surface area contributed by atoms with Gasteiger partial charge in [-0.2, -0.15) is 0 Å². The van der Waals surface area contributed by atoms with Crippen molar-refractivity contribution in [1.29, 1.82) is 0 Å². The molecule has 0 saturated carbocycles. The smallest absolute Gasteiger partial charge is 0.0476 e. The maximum atomic E-state index is 2.37. The maximum Gasteiger partial charge on any atom is 0.0476 e. The number of thiophene rings is 2. The third-order valence-electron chi connectivity index (χ3n) is 8.44. The Morgan fingerprint density at radius 3 is 1.74 bits per heavy atom. The molecule has 0 aliphatic carbocycles. The highest BCUT2D eigenvalue weighted by molar-refractivity contribution is 7.26. The molecular formula is C40H25NS2. The fourth-order valence-corrected chi connectivity index (χ4v) is 8.87. The van der Waals surface area contributed by atoms with Crippen molar-refractivity contribution in [1.82, 2.24) is 0 Å². The van der Waals surface area contributed by atoms with Crippen molar-refractivity contribution in [2.75, 3.05) is 4.90 Å². The highest BCUT2D eigenvalue weighted by Crippen LogP contribution is 2.45. The fraction of sp³-hybridized carbons (Fsp3) is 0. The van der Waals surface area contributed by atoms with Crippen LogP contribution in [-0.4, -0.2) is 0 Å². The van der Waals surface area contributed by atoms with E-state index in [0.717, 1.165) is 17.1 Å². The summed E-state index contributed by atoms with van der Waals surface area (Å²) in [6, 6.07) is 55.3. The molecule has 0 aliphatic heterocycles. The normalized spacial score (nSPS) is 11.7. The zero-order valence-corrected chi connectivity index (χ0v) is 24.8. The summed E-state index contributed by atoms with van der Waals surface area (Å²) < 4.78 is 5.31. The lowest BCUT2D eigenvalue weighted by Crippen LogP contribution is -2.09. The lowest BCUT2D eigenvalue weighted by Gasteiger charge is -2.26. The van der Waals surface area contributed by atoms with Gasteiger partial charge in [-0.3, -0.25) is 0 Å². The Morgan fingerprint density at radius 1 is 0.372 bits per heavy atom. The van der Waals surface area contributed by atoms with Crippen LogP contribution in [0, 0.1) is 0 Å². The van der Waals surface area contributed by atoms with Crippen molar-refractivity contribution in [3.63, 3.8) is 0 Å². The Hall–Kier alpha value is -4.96. The second-order valence-corrected chi connectivity index (χ2v) is 13.1. The van der Waals surface area contributed by atoms with Crippen molar-refractivity contribution in [2.24, 2.45) is 0 Å².